The molecule has 7 nitrogen and oxygen atoms in total. The van der Waals surface area contributed by atoms with Crippen LogP contribution in [-0.2, 0) is 4.74 Å². The first-order valence-electron chi connectivity index (χ1n) is 10.5. The Balaban J connectivity index is 1.52. The molecule has 2 heterocycles. The first kappa shape index (κ1) is 20.2. The number of H-pyrrole nitrogens is 1. The number of morpholine rings is 1. The second-order valence-corrected chi connectivity index (χ2v) is 8.03. The van der Waals surface area contributed by atoms with E-state index in [2.05, 4.69) is 9.88 Å². The lowest BCUT2D eigenvalue weighted by Crippen LogP contribution is -2.51. The zero-order chi connectivity index (χ0) is 20.5. The average molecular weight is 402 g/mol. The summed E-state index contributed by atoms with van der Waals surface area (Å²) in [5.74, 6) is 0.720. The summed E-state index contributed by atoms with van der Waals surface area (Å²) >= 11 is 0. The van der Waals surface area contributed by atoms with Crippen molar-refractivity contribution in [3.63, 3.8) is 0 Å². The summed E-state index contributed by atoms with van der Waals surface area (Å²) in [4.78, 5) is 20.6. The smallest absolute Gasteiger partial charge is 0.270 e. The van der Waals surface area contributed by atoms with Crippen molar-refractivity contribution in [2.45, 2.75) is 44.9 Å². The molecule has 0 bridgehead atoms. The van der Waals surface area contributed by atoms with Crippen molar-refractivity contribution in [2.75, 3.05) is 40.0 Å². The molecule has 3 atom stereocenters. The summed E-state index contributed by atoms with van der Waals surface area (Å²) in [6, 6.07) is 5.74. The number of nitrogens with one attached hydrogen (secondary N) is 1. The number of fused-ring (bicyclic) bond motifs is 1. The van der Waals surface area contributed by atoms with Crippen LogP contribution in [0.3, 0.4) is 0 Å². The third-order valence-electron chi connectivity index (χ3n) is 6.43. The molecule has 29 heavy (non-hydrogen) atoms. The molecular formula is C22H31N3O4. The number of aliphatic hydroxyl groups is 1. The van der Waals surface area contributed by atoms with Crippen molar-refractivity contribution in [3.8, 4) is 5.75 Å². The van der Waals surface area contributed by atoms with Gasteiger partial charge in [0.1, 0.15) is 11.4 Å². The number of hydrogen-bond donors (Lipinski definition) is 2. The highest BCUT2D eigenvalue weighted by Gasteiger charge is 2.42. The highest BCUT2D eigenvalue weighted by atomic mass is 16.5. The van der Waals surface area contributed by atoms with Crippen LogP contribution in [0.4, 0.5) is 0 Å². The van der Waals surface area contributed by atoms with E-state index in [1.165, 1.54) is 0 Å². The Labute approximate surface area is 171 Å². The van der Waals surface area contributed by atoms with Crippen molar-refractivity contribution in [2.24, 2.45) is 0 Å². The third kappa shape index (κ3) is 3.74. The summed E-state index contributed by atoms with van der Waals surface area (Å²) in [6.07, 6.45) is 1.16. The van der Waals surface area contributed by atoms with Crippen molar-refractivity contribution in [1.82, 2.24) is 14.8 Å². The molecule has 1 saturated carbocycles. The number of hydrogen-bond acceptors (Lipinski definition) is 5. The fourth-order valence-corrected chi connectivity index (χ4v) is 4.77. The fraction of sp³-hybridized carbons (Fsp3) is 0.591. The second kappa shape index (κ2) is 8.34. The van der Waals surface area contributed by atoms with E-state index in [4.69, 9.17) is 9.47 Å². The maximum absolute atomic E-state index is 13.3. The van der Waals surface area contributed by atoms with Gasteiger partial charge < -0.3 is 24.5 Å². The standard InChI is InChI=1S/C22H31N3O4/c1-4-29-15-5-6-17-16(13-15)14(2)20(23-17)22(27)24(3)18-7-8-19(21(18)26)25-9-11-28-12-10-25/h5-6,13,18-19,21,23,26H,4,7-12H2,1-3H3/t18-,19-,21-/m1/s1. The lowest BCUT2D eigenvalue weighted by Gasteiger charge is -2.36. The van der Waals surface area contributed by atoms with E-state index < -0.39 is 6.10 Å². The van der Waals surface area contributed by atoms with Gasteiger partial charge in [-0.3, -0.25) is 9.69 Å². The number of aromatic amines is 1. The summed E-state index contributed by atoms with van der Waals surface area (Å²) < 4.78 is 11.0. The number of carbonyl (C=O) groups is 1. The minimum atomic E-state index is -0.545. The van der Waals surface area contributed by atoms with Gasteiger partial charge in [-0.1, -0.05) is 0 Å². The number of carbonyl (C=O) groups excluding carboxylic acids is 1. The van der Waals surface area contributed by atoms with Crippen LogP contribution in [0, 0.1) is 6.92 Å². The van der Waals surface area contributed by atoms with Crippen LogP contribution in [0.25, 0.3) is 10.9 Å². The zero-order valence-corrected chi connectivity index (χ0v) is 17.5. The minimum absolute atomic E-state index is 0.0802. The van der Waals surface area contributed by atoms with E-state index in [-0.39, 0.29) is 18.0 Å². The van der Waals surface area contributed by atoms with Crippen LogP contribution in [0.15, 0.2) is 18.2 Å². The molecule has 2 fully saturated rings. The molecule has 2 aromatic rings. The SMILES string of the molecule is CCOc1ccc2[nH]c(C(=O)N(C)[C@@H]3CC[C@@H](N4CCOCC4)[C@@H]3O)c(C)c2c1. The van der Waals surface area contributed by atoms with Gasteiger partial charge in [-0.25, -0.2) is 0 Å². The second-order valence-electron chi connectivity index (χ2n) is 8.03. The molecule has 1 aromatic carbocycles. The zero-order valence-electron chi connectivity index (χ0n) is 17.5. The Kier molecular flexibility index (Phi) is 5.81. The molecule has 1 amide bonds. The molecule has 0 radical (unpaired) electrons. The largest absolute Gasteiger partial charge is 0.494 e. The molecular weight excluding hydrogens is 370 g/mol. The van der Waals surface area contributed by atoms with Crippen LogP contribution in [0.2, 0.25) is 0 Å². The summed E-state index contributed by atoms with van der Waals surface area (Å²) in [5.41, 5.74) is 2.41. The number of benzene rings is 1. The predicted molar refractivity (Wildman–Crippen MR) is 112 cm³/mol. The highest BCUT2D eigenvalue weighted by Crippen LogP contribution is 2.31. The van der Waals surface area contributed by atoms with E-state index in [0.29, 0.717) is 25.5 Å². The van der Waals surface area contributed by atoms with Gasteiger partial charge in [0.2, 0.25) is 0 Å². The number of amides is 1. The van der Waals surface area contributed by atoms with Gasteiger partial charge in [0.15, 0.2) is 0 Å². The maximum Gasteiger partial charge on any atom is 0.270 e. The van der Waals surface area contributed by atoms with Crippen molar-refractivity contribution >= 4 is 16.8 Å². The van der Waals surface area contributed by atoms with Crippen molar-refractivity contribution < 1.29 is 19.4 Å². The Morgan fingerprint density at radius 3 is 2.83 bits per heavy atom. The number of aliphatic hydroxyl groups excluding tert-OH is 1. The van der Waals surface area contributed by atoms with Crippen LogP contribution >= 0.6 is 0 Å². The number of aryl methyl sites for hydroxylation is 1. The Morgan fingerprint density at radius 2 is 2.10 bits per heavy atom. The number of ether oxygens (including phenoxy) is 2. The molecule has 0 unspecified atom stereocenters. The highest BCUT2D eigenvalue weighted by molar-refractivity contribution is 6.01. The Bertz CT molecular complexity index is 874. The lowest BCUT2D eigenvalue weighted by molar-refractivity contribution is -0.0232. The number of likely N-dealkylation sites (N-methyl/N-ethyl adjacent to an activating group) is 1. The van der Waals surface area contributed by atoms with Crippen LogP contribution in [0.1, 0.15) is 35.8 Å². The lowest BCUT2D eigenvalue weighted by atomic mass is 10.1. The minimum Gasteiger partial charge on any atom is -0.494 e. The van der Waals surface area contributed by atoms with Gasteiger partial charge in [-0.2, -0.15) is 0 Å². The number of nitrogens with zero attached hydrogens (tertiary/aromatic N) is 2. The molecule has 7 heteroatoms. The molecule has 2 N–H and O–H groups in total. The van der Waals surface area contributed by atoms with Gasteiger partial charge >= 0.3 is 0 Å². The maximum atomic E-state index is 13.3. The van der Waals surface area contributed by atoms with Gasteiger partial charge in [-0.05, 0) is 50.5 Å². The molecule has 1 aromatic heterocycles. The van der Waals surface area contributed by atoms with Crippen molar-refractivity contribution in [1.29, 1.82) is 0 Å². The van der Waals surface area contributed by atoms with E-state index in [1.54, 1.807) is 11.9 Å². The first-order valence-corrected chi connectivity index (χ1v) is 10.5. The van der Waals surface area contributed by atoms with Crippen LogP contribution in [0.5, 0.6) is 5.75 Å². The molecule has 4 rings (SSSR count). The van der Waals surface area contributed by atoms with Gasteiger partial charge in [0.05, 0.1) is 32.0 Å². The summed E-state index contributed by atoms with van der Waals surface area (Å²) in [5, 5.41) is 12.0. The van der Waals surface area contributed by atoms with E-state index >= 15 is 0 Å². The van der Waals surface area contributed by atoms with E-state index in [0.717, 1.165) is 48.1 Å². The topological polar surface area (TPSA) is 78.0 Å². The van der Waals surface area contributed by atoms with E-state index in [9.17, 15) is 9.90 Å². The average Bonchev–Trinajstić information content (AvgIpc) is 3.28. The molecule has 1 aliphatic heterocycles. The molecule has 158 valence electrons. The molecule has 2 aliphatic rings. The van der Waals surface area contributed by atoms with Crippen LogP contribution < -0.4 is 4.74 Å². The van der Waals surface area contributed by atoms with Gasteiger partial charge in [0.25, 0.3) is 5.91 Å². The monoisotopic (exact) mass is 401 g/mol. The number of aromatic nitrogens is 1. The quantitative estimate of drug-likeness (QED) is 0.803. The van der Waals surface area contributed by atoms with Crippen LogP contribution in [-0.4, -0.2) is 83.9 Å². The molecule has 0 spiro atoms. The Morgan fingerprint density at radius 1 is 1.34 bits per heavy atom. The first-order chi connectivity index (χ1) is 14.0. The van der Waals surface area contributed by atoms with Crippen molar-refractivity contribution in [3.05, 3.63) is 29.5 Å². The summed E-state index contributed by atoms with van der Waals surface area (Å²) in [7, 11) is 1.80. The Hall–Kier alpha value is -2.09. The summed E-state index contributed by atoms with van der Waals surface area (Å²) in [6.45, 7) is 7.62. The molecule has 1 aliphatic carbocycles. The predicted octanol–water partition coefficient (Wildman–Crippen LogP) is 2.17. The van der Waals surface area contributed by atoms with Gasteiger partial charge in [-0.15, -0.1) is 0 Å². The van der Waals surface area contributed by atoms with Gasteiger partial charge in [0, 0.05) is 37.1 Å². The van der Waals surface area contributed by atoms with E-state index in [1.807, 2.05) is 32.0 Å². The normalized spacial score (nSPS) is 25.4. The fourth-order valence-electron chi connectivity index (χ4n) is 4.77. The third-order valence-corrected chi connectivity index (χ3v) is 6.43. The number of rotatable bonds is 5. The molecule has 1 saturated heterocycles.